The minimum atomic E-state index is 0.500. The molecule has 2 rings (SSSR count). The minimum Gasteiger partial charge on any atom is -0.0965 e. The van der Waals surface area contributed by atoms with Gasteiger partial charge in [0.15, 0.2) is 12.4 Å². The van der Waals surface area contributed by atoms with Gasteiger partial charge in [0, 0.05) is 0 Å². The van der Waals surface area contributed by atoms with Crippen molar-refractivity contribution < 1.29 is 0 Å². The summed E-state index contributed by atoms with van der Waals surface area (Å²) in [6.45, 7) is 4.60. The molecule has 0 aromatic heterocycles. The highest BCUT2D eigenvalue weighted by Crippen LogP contribution is 2.37. The van der Waals surface area contributed by atoms with Crippen molar-refractivity contribution in [3.63, 3.8) is 0 Å². The summed E-state index contributed by atoms with van der Waals surface area (Å²) >= 11 is 0. The van der Waals surface area contributed by atoms with Crippen LogP contribution in [0.25, 0.3) is 0 Å². The van der Waals surface area contributed by atoms with Crippen molar-refractivity contribution in [1.82, 2.24) is 0 Å². The Morgan fingerprint density at radius 3 is 1.59 bits per heavy atom. The van der Waals surface area contributed by atoms with Crippen LogP contribution in [0.15, 0.2) is 40.3 Å². The van der Waals surface area contributed by atoms with E-state index in [4.69, 9.17) is 9.98 Å². The first-order chi connectivity index (χ1) is 16.8. The molecule has 0 amide bonds. The second-order valence-electron chi connectivity index (χ2n) is 10.5. The molecule has 1 heterocycles. The van der Waals surface area contributed by atoms with Crippen molar-refractivity contribution >= 4 is 12.4 Å². The van der Waals surface area contributed by atoms with Crippen LogP contribution in [-0.4, -0.2) is 12.4 Å². The number of rotatable bonds is 22. The van der Waals surface area contributed by atoms with E-state index in [1.54, 1.807) is 0 Å². The van der Waals surface area contributed by atoms with Gasteiger partial charge in [-0.05, 0) is 30.7 Å². The van der Waals surface area contributed by atoms with Crippen molar-refractivity contribution in [2.24, 2.45) is 21.8 Å². The topological polar surface area (TPSA) is 24.7 Å². The Kier molecular flexibility index (Phi) is 16.6. The molecule has 1 aliphatic rings. The molecule has 34 heavy (non-hydrogen) atoms. The van der Waals surface area contributed by atoms with Crippen LogP contribution >= 0.6 is 0 Å². The van der Waals surface area contributed by atoms with Crippen LogP contribution in [0.2, 0.25) is 0 Å². The SMILES string of the molecule is CCCCCCCCCCC(Cc1ccccc1)C(CCCCCCCCCC)[C+]1N=CC=N1. The predicted molar refractivity (Wildman–Crippen MR) is 152 cm³/mol. The van der Waals surface area contributed by atoms with Gasteiger partial charge in [0.05, 0.1) is 5.92 Å². The van der Waals surface area contributed by atoms with Crippen LogP contribution < -0.4 is 0 Å². The standard InChI is InChI=1S/C32H53N2/c1-3-5-7-9-11-13-15-20-24-30(28-29-22-18-17-19-23-29)31(32-33-26-27-34-32)25-21-16-14-12-10-8-6-4-2/h17-19,22-23,26-27,30-31H,3-16,20-21,24-25,28H2,1-2H3/q+1. The Bertz CT molecular complexity index is 624. The monoisotopic (exact) mass is 465 g/mol. The normalized spacial score (nSPS) is 14.7. The highest BCUT2D eigenvalue weighted by Gasteiger charge is 2.35. The van der Waals surface area contributed by atoms with Crippen LogP contribution in [0, 0.1) is 18.0 Å². The second kappa shape index (κ2) is 19.7. The summed E-state index contributed by atoms with van der Waals surface area (Å²) in [5, 5.41) is 0. The molecule has 2 atom stereocenters. The largest absolute Gasteiger partial charge is 0.244 e. The predicted octanol–water partition coefficient (Wildman–Crippen LogP) is 10.2. The minimum absolute atomic E-state index is 0.500. The van der Waals surface area contributed by atoms with Crippen LogP contribution in [0.5, 0.6) is 0 Å². The van der Waals surface area contributed by atoms with E-state index in [2.05, 4.69) is 44.2 Å². The van der Waals surface area contributed by atoms with E-state index in [0.29, 0.717) is 11.8 Å². The Morgan fingerprint density at radius 2 is 1.06 bits per heavy atom. The molecule has 0 spiro atoms. The number of benzene rings is 1. The first-order valence-corrected chi connectivity index (χ1v) is 14.8. The van der Waals surface area contributed by atoms with Gasteiger partial charge in [-0.25, -0.2) is 0 Å². The van der Waals surface area contributed by atoms with Gasteiger partial charge in [-0.1, -0.05) is 157 Å². The smallest absolute Gasteiger partial charge is 0.0965 e. The highest BCUT2D eigenvalue weighted by molar-refractivity contribution is 6.18. The van der Waals surface area contributed by atoms with Crippen LogP contribution in [0.3, 0.4) is 0 Å². The molecule has 2 unspecified atom stereocenters. The van der Waals surface area contributed by atoms with Crippen molar-refractivity contribution in [2.75, 3.05) is 0 Å². The van der Waals surface area contributed by atoms with E-state index < -0.39 is 0 Å². The summed E-state index contributed by atoms with van der Waals surface area (Å²) < 4.78 is 0. The third kappa shape index (κ3) is 12.8. The number of hydrogen-bond donors (Lipinski definition) is 0. The second-order valence-corrected chi connectivity index (χ2v) is 10.5. The summed E-state index contributed by atoms with van der Waals surface area (Å²) in [6.07, 6.45) is 30.8. The van der Waals surface area contributed by atoms with Crippen molar-refractivity contribution in [1.29, 1.82) is 0 Å². The summed E-state index contributed by atoms with van der Waals surface area (Å²) in [5.41, 5.74) is 1.47. The van der Waals surface area contributed by atoms with Crippen molar-refractivity contribution in [3.05, 3.63) is 42.1 Å². The van der Waals surface area contributed by atoms with Gasteiger partial charge in [-0.15, -0.1) is 0 Å². The lowest BCUT2D eigenvalue weighted by atomic mass is 9.78. The zero-order valence-electron chi connectivity index (χ0n) is 22.5. The maximum absolute atomic E-state index is 4.70. The lowest BCUT2D eigenvalue weighted by Crippen LogP contribution is -2.22. The van der Waals surface area contributed by atoms with Crippen LogP contribution in [0.1, 0.15) is 135 Å². The molecule has 0 aliphatic carbocycles. The Balaban J connectivity index is 1.85. The van der Waals surface area contributed by atoms with Crippen LogP contribution in [-0.2, 0) is 6.42 Å². The van der Waals surface area contributed by atoms with Gasteiger partial charge < -0.3 is 0 Å². The van der Waals surface area contributed by atoms with Gasteiger partial charge in [-0.3, -0.25) is 0 Å². The highest BCUT2D eigenvalue weighted by atomic mass is 15.0. The number of aliphatic imine (C=N–C) groups is 2. The van der Waals surface area contributed by atoms with Gasteiger partial charge >= 0.3 is 0 Å². The fraction of sp³-hybridized carbons (Fsp3) is 0.719. The first-order valence-electron chi connectivity index (χ1n) is 14.8. The van der Waals surface area contributed by atoms with Gasteiger partial charge in [0.1, 0.15) is 0 Å². The molecular weight excluding hydrogens is 412 g/mol. The lowest BCUT2D eigenvalue weighted by Gasteiger charge is -2.26. The van der Waals surface area contributed by atoms with E-state index in [1.807, 2.05) is 12.4 Å². The van der Waals surface area contributed by atoms with Gasteiger partial charge in [0.25, 0.3) is 0 Å². The molecule has 2 heteroatoms. The average Bonchev–Trinajstić information content (AvgIpc) is 3.39. The van der Waals surface area contributed by atoms with Crippen LogP contribution in [0.4, 0.5) is 0 Å². The van der Waals surface area contributed by atoms with E-state index in [9.17, 15) is 0 Å². The number of hydrogen-bond acceptors (Lipinski definition) is 2. The third-order valence-corrected chi connectivity index (χ3v) is 7.52. The van der Waals surface area contributed by atoms with E-state index in [0.717, 1.165) is 12.6 Å². The molecule has 0 bridgehead atoms. The Morgan fingerprint density at radius 1 is 0.588 bits per heavy atom. The molecule has 0 saturated heterocycles. The summed E-state index contributed by atoms with van der Waals surface area (Å²) in [6, 6.07) is 11.1. The fourth-order valence-electron chi connectivity index (χ4n) is 5.42. The Labute approximate surface area is 212 Å². The van der Waals surface area contributed by atoms with Crippen molar-refractivity contribution in [3.8, 4) is 0 Å². The van der Waals surface area contributed by atoms with E-state index >= 15 is 0 Å². The van der Waals surface area contributed by atoms with Crippen molar-refractivity contribution in [2.45, 2.75) is 136 Å². The molecule has 190 valence electrons. The maximum Gasteiger partial charge on any atom is 0.244 e. The molecule has 1 aliphatic heterocycles. The zero-order chi connectivity index (χ0) is 24.1. The summed E-state index contributed by atoms with van der Waals surface area (Å²) in [7, 11) is 0. The molecule has 0 saturated carbocycles. The van der Waals surface area contributed by atoms with E-state index in [-0.39, 0.29) is 0 Å². The molecular formula is C32H53N2+. The molecule has 1 aromatic carbocycles. The molecule has 0 fully saturated rings. The lowest BCUT2D eigenvalue weighted by molar-refractivity contribution is 0.284. The van der Waals surface area contributed by atoms with Gasteiger partial charge in [0.2, 0.25) is 6.17 Å². The Hall–Kier alpha value is -1.57. The summed E-state index contributed by atoms with van der Waals surface area (Å²) in [5.74, 6) is 1.15. The fourth-order valence-corrected chi connectivity index (χ4v) is 5.42. The average molecular weight is 466 g/mol. The first kappa shape index (κ1) is 28.7. The molecule has 0 radical (unpaired) electrons. The zero-order valence-corrected chi connectivity index (χ0v) is 22.5. The maximum atomic E-state index is 4.70. The van der Waals surface area contributed by atoms with Gasteiger partial charge in [-0.2, -0.15) is 0 Å². The number of unbranched alkanes of at least 4 members (excludes halogenated alkanes) is 14. The van der Waals surface area contributed by atoms with E-state index in [1.165, 1.54) is 121 Å². The third-order valence-electron chi connectivity index (χ3n) is 7.52. The molecule has 2 nitrogen and oxygen atoms in total. The quantitative estimate of drug-likeness (QED) is 0.120. The summed E-state index contributed by atoms with van der Waals surface area (Å²) in [4.78, 5) is 9.41. The molecule has 1 aromatic rings. The molecule has 0 N–H and O–H groups in total. The number of nitrogens with zero attached hydrogens (tertiary/aromatic N) is 2.